The van der Waals surface area contributed by atoms with Crippen LogP contribution < -0.4 is 0 Å². The van der Waals surface area contributed by atoms with Crippen LogP contribution in [0.2, 0.25) is 0 Å². The van der Waals surface area contributed by atoms with E-state index in [1.165, 1.54) is 0 Å². The van der Waals surface area contributed by atoms with Gasteiger partial charge in [0, 0.05) is 29.9 Å². The normalized spacial score (nSPS) is 34.2. The van der Waals surface area contributed by atoms with Gasteiger partial charge in [-0.25, -0.2) is 9.59 Å². The van der Waals surface area contributed by atoms with E-state index in [1.54, 1.807) is 52.8 Å². The van der Waals surface area contributed by atoms with E-state index in [-0.39, 0.29) is 18.1 Å². The van der Waals surface area contributed by atoms with Crippen LogP contribution in [0.15, 0.2) is 34.9 Å². The van der Waals surface area contributed by atoms with Crippen molar-refractivity contribution < 1.29 is 29.0 Å². The molecule has 0 saturated heterocycles. The number of carbonyl (C=O) groups is 3. The zero-order chi connectivity index (χ0) is 23.7. The molecule has 31 heavy (non-hydrogen) atoms. The molecule has 6 heteroatoms. The second-order valence-corrected chi connectivity index (χ2v) is 9.45. The third-order valence-electron chi connectivity index (χ3n) is 7.19. The van der Waals surface area contributed by atoms with Gasteiger partial charge in [0.2, 0.25) is 0 Å². The van der Waals surface area contributed by atoms with Crippen molar-refractivity contribution in [1.82, 2.24) is 0 Å². The molecule has 2 rings (SSSR count). The van der Waals surface area contributed by atoms with Gasteiger partial charge < -0.3 is 14.6 Å². The van der Waals surface area contributed by atoms with Gasteiger partial charge in [0.15, 0.2) is 5.78 Å². The molecule has 0 aromatic heterocycles. The number of allylic oxidation sites excluding steroid dienone is 3. The fourth-order valence-corrected chi connectivity index (χ4v) is 4.81. The molecular weight excluding hydrogens is 396 g/mol. The van der Waals surface area contributed by atoms with E-state index in [9.17, 15) is 19.5 Å². The molecule has 6 nitrogen and oxygen atoms in total. The Balaban J connectivity index is 2.62. The monoisotopic (exact) mass is 432 g/mol. The first-order valence-corrected chi connectivity index (χ1v) is 10.9. The van der Waals surface area contributed by atoms with Crippen molar-refractivity contribution in [2.75, 3.05) is 0 Å². The minimum Gasteiger partial charge on any atom is -0.458 e. The highest BCUT2D eigenvalue weighted by Gasteiger charge is 2.68. The molecular formula is C25H36O6. The van der Waals surface area contributed by atoms with Crippen LogP contribution in [0.3, 0.4) is 0 Å². The van der Waals surface area contributed by atoms with Crippen molar-refractivity contribution in [3.05, 3.63) is 34.9 Å². The molecule has 172 valence electrons. The van der Waals surface area contributed by atoms with Crippen molar-refractivity contribution in [2.24, 2.45) is 17.3 Å². The molecule has 0 spiro atoms. The molecule has 0 aromatic rings. The van der Waals surface area contributed by atoms with Crippen molar-refractivity contribution in [3.8, 4) is 0 Å². The number of carbonyl (C=O) groups excluding carboxylic acids is 3. The lowest BCUT2D eigenvalue weighted by Crippen LogP contribution is -2.53. The molecule has 0 radical (unpaired) electrons. The van der Waals surface area contributed by atoms with Crippen LogP contribution in [0.5, 0.6) is 0 Å². The molecule has 2 aliphatic rings. The molecule has 0 heterocycles. The van der Waals surface area contributed by atoms with Gasteiger partial charge >= 0.3 is 11.9 Å². The second kappa shape index (κ2) is 9.11. The summed E-state index contributed by atoms with van der Waals surface area (Å²) in [7, 11) is 0. The Morgan fingerprint density at radius 2 is 1.65 bits per heavy atom. The number of ketones is 1. The number of hydrogen-bond acceptors (Lipinski definition) is 6. The van der Waals surface area contributed by atoms with Crippen molar-refractivity contribution in [3.63, 3.8) is 0 Å². The number of ether oxygens (including phenoxy) is 2. The maximum atomic E-state index is 13.4. The van der Waals surface area contributed by atoms with Gasteiger partial charge in [0.25, 0.3) is 0 Å². The number of esters is 2. The van der Waals surface area contributed by atoms with Crippen molar-refractivity contribution >= 4 is 17.7 Å². The van der Waals surface area contributed by atoms with Crippen LogP contribution in [-0.4, -0.2) is 40.6 Å². The number of fused-ring (bicyclic) bond motifs is 1. The summed E-state index contributed by atoms with van der Waals surface area (Å²) in [6.07, 6.45) is 3.72. The summed E-state index contributed by atoms with van der Waals surface area (Å²) < 4.78 is 11.7. The zero-order valence-electron chi connectivity index (χ0n) is 19.9. The summed E-state index contributed by atoms with van der Waals surface area (Å²) in [5.41, 5.74) is -0.935. The summed E-state index contributed by atoms with van der Waals surface area (Å²) in [4.78, 5) is 38.7. The lowest BCUT2D eigenvalue weighted by atomic mass is 9.66. The summed E-state index contributed by atoms with van der Waals surface area (Å²) in [6, 6.07) is 0. The lowest BCUT2D eigenvalue weighted by molar-refractivity contribution is -0.168. The van der Waals surface area contributed by atoms with E-state index in [1.807, 2.05) is 20.8 Å². The summed E-state index contributed by atoms with van der Waals surface area (Å²) in [6.45, 7) is 14.1. The molecule has 0 aromatic carbocycles. The molecule has 0 amide bonds. The Hall–Kier alpha value is -2.21. The number of hydrogen-bond donors (Lipinski definition) is 1. The van der Waals surface area contributed by atoms with E-state index in [4.69, 9.17) is 9.47 Å². The summed E-state index contributed by atoms with van der Waals surface area (Å²) in [5.74, 6) is -2.19. The van der Waals surface area contributed by atoms with E-state index < -0.39 is 41.1 Å². The van der Waals surface area contributed by atoms with Gasteiger partial charge in [0.05, 0.1) is 11.0 Å². The van der Waals surface area contributed by atoms with Crippen LogP contribution >= 0.6 is 0 Å². The molecule has 1 saturated carbocycles. The first-order chi connectivity index (χ1) is 14.3. The van der Waals surface area contributed by atoms with Gasteiger partial charge in [-0.2, -0.15) is 0 Å². The minimum atomic E-state index is -1.35. The maximum absolute atomic E-state index is 13.4. The predicted molar refractivity (Wildman–Crippen MR) is 118 cm³/mol. The SMILES string of the molecule is CC=C(C)C(=O)OC1CC(C)=CC(=O)C2(C)C(OC(=O)C(C)=CC)CC(O)(C(C)C)C12. The van der Waals surface area contributed by atoms with Gasteiger partial charge in [-0.15, -0.1) is 0 Å². The average Bonchev–Trinajstić information content (AvgIpc) is 2.88. The van der Waals surface area contributed by atoms with Crippen molar-refractivity contribution in [2.45, 2.75) is 86.0 Å². The molecule has 0 bridgehead atoms. The molecule has 1 N–H and O–H groups in total. The second-order valence-electron chi connectivity index (χ2n) is 9.45. The molecule has 1 fully saturated rings. The largest absolute Gasteiger partial charge is 0.458 e. The highest BCUT2D eigenvalue weighted by atomic mass is 16.6. The topological polar surface area (TPSA) is 89.9 Å². The standard InChI is InChI=1S/C25H36O6/c1-9-16(6)22(27)30-18-11-15(5)12-19(26)24(8)20(31-23(28)17(7)10-2)13-25(29,14(3)4)21(18)24/h9-10,12,14,18,20-21,29H,11,13H2,1-8H3. The lowest BCUT2D eigenvalue weighted by Gasteiger charge is -2.42. The third-order valence-corrected chi connectivity index (χ3v) is 7.19. The smallest absolute Gasteiger partial charge is 0.333 e. The predicted octanol–water partition coefficient (Wildman–Crippen LogP) is 4.07. The Labute approximate surface area is 185 Å². The van der Waals surface area contributed by atoms with Crippen molar-refractivity contribution in [1.29, 1.82) is 0 Å². The minimum absolute atomic E-state index is 0.101. The molecule has 5 atom stereocenters. The quantitative estimate of drug-likeness (QED) is 0.520. The Kier molecular flexibility index (Phi) is 7.36. The van der Waals surface area contributed by atoms with Gasteiger partial charge in [-0.3, -0.25) is 4.79 Å². The fourth-order valence-electron chi connectivity index (χ4n) is 4.81. The Morgan fingerprint density at radius 3 is 2.13 bits per heavy atom. The Bertz CT molecular complexity index is 848. The Morgan fingerprint density at radius 1 is 1.13 bits per heavy atom. The van der Waals surface area contributed by atoms with E-state index >= 15 is 0 Å². The number of aliphatic hydroxyl groups is 1. The van der Waals surface area contributed by atoms with Crippen LogP contribution in [0.25, 0.3) is 0 Å². The van der Waals surface area contributed by atoms with E-state index in [0.717, 1.165) is 5.57 Å². The molecule has 0 aliphatic heterocycles. The van der Waals surface area contributed by atoms with Crippen LogP contribution in [0, 0.1) is 17.3 Å². The first-order valence-electron chi connectivity index (χ1n) is 10.9. The molecule has 2 aliphatic carbocycles. The fraction of sp³-hybridized carbons (Fsp3) is 0.640. The highest BCUT2D eigenvalue weighted by Crippen LogP contribution is 2.58. The summed E-state index contributed by atoms with van der Waals surface area (Å²) in [5, 5.41) is 11.8. The van der Waals surface area contributed by atoms with E-state index in [2.05, 4.69) is 0 Å². The van der Waals surface area contributed by atoms with Gasteiger partial charge in [-0.05, 0) is 53.5 Å². The van der Waals surface area contributed by atoms with E-state index in [0.29, 0.717) is 17.6 Å². The third kappa shape index (κ3) is 4.40. The molecule has 5 unspecified atom stereocenters. The zero-order valence-corrected chi connectivity index (χ0v) is 19.9. The van der Waals surface area contributed by atoms with Gasteiger partial charge in [-0.1, -0.05) is 31.6 Å². The van der Waals surface area contributed by atoms with Gasteiger partial charge in [0.1, 0.15) is 12.2 Å². The average molecular weight is 433 g/mol. The summed E-state index contributed by atoms with van der Waals surface area (Å²) >= 11 is 0. The number of rotatable bonds is 5. The van der Waals surface area contributed by atoms with Crippen LogP contribution in [0.4, 0.5) is 0 Å². The van der Waals surface area contributed by atoms with Crippen LogP contribution in [-0.2, 0) is 23.9 Å². The van der Waals surface area contributed by atoms with Crippen LogP contribution in [0.1, 0.15) is 68.2 Å². The maximum Gasteiger partial charge on any atom is 0.333 e. The first kappa shape index (κ1) is 25.1. The highest BCUT2D eigenvalue weighted by molar-refractivity contribution is 5.97.